The average molecular weight is 253 g/mol. The Morgan fingerprint density at radius 3 is 2.62 bits per heavy atom. The number of nitriles is 1. The van der Waals surface area contributed by atoms with Gasteiger partial charge in [-0.05, 0) is 12.1 Å². The first-order valence-electron chi connectivity index (χ1n) is 4.32. The van der Waals surface area contributed by atoms with Gasteiger partial charge in [0.2, 0.25) is 0 Å². The maximum Gasteiger partial charge on any atom is 0.103 e. The van der Waals surface area contributed by atoms with Crippen molar-refractivity contribution in [2.75, 3.05) is 5.43 Å². The van der Waals surface area contributed by atoms with Crippen molar-refractivity contribution >= 4 is 39.8 Å². The van der Waals surface area contributed by atoms with Crippen molar-refractivity contribution in [3.8, 4) is 6.07 Å². The molecule has 6 heteroatoms. The zero-order valence-corrected chi connectivity index (χ0v) is 9.47. The van der Waals surface area contributed by atoms with E-state index in [1.54, 1.807) is 12.1 Å². The van der Waals surface area contributed by atoms with Gasteiger partial charge < -0.3 is 5.43 Å². The van der Waals surface area contributed by atoms with E-state index < -0.39 is 0 Å². The molecule has 0 aliphatic carbocycles. The molecule has 0 aliphatic rings. The number of rotatable bonds is 1. The van der Waals surface area contributed by atoms with Crippen molar-refractivity contribution in [1.29, 1.82) is 5.26 Å². The van der Waals surface area contributed by atoms with Crippen LogP contribution in [0.2, 0.25) is 10.0 Å². The fraction of sp³-hybridized carbons (Fsp3) is 0. The van der Waals surface area contributed by atoms with Gasteiger partial charge in [0.15, 0.2) is 0 Å². The van der Waals surface area contributed by atoms with Crippen molar-refractivity contribution in [3.05, 3.63) is 33.9 Å². The molecule has 0 atom stereocenters. The minimum atomic E-state index is 0.319. The summed E-state index contributed by atoms with van der Waals surface area (Å²) in [5, 5.41) is 10.4. The minimum Gasteiger partial charge on any atom is -0.322 e. The molecule has 2 aromatic rings. The molecule has 0 amide bonds. The average Bonchev–Trinajstić information content (AvgIpc) is 2.32. The Kier molecular flexibility index (Phi) is 2.84. The summed E-state index contributed by atoms with van der Waals surface area (Å²) in [5.41, 5.74) is 3.72. The number of fused-ring (bicyclic) bond motifs is 1. The summed E-state index contributed by atoms with van der Waals surface area (Å²) < 4.78 is 0. The number of hydrazine groups is 1. The van der Waals surface area contributed by atoms with E-state index in [0.717, 1.165) is 0 Å². The second kappa shape index (κ2) is 4.14. The Labute approximate surface area is 102 Å². The predicted molar refractivity (Wildman–Crippen MR) is 64.3 cm³/mol. The number of benzene rings is 1. The molecule has 1 heterocycles. The number of anilines is 1. The second-order valence-electron chi connectivity index (χ2n) is 3.06. The van der Waals surface area contributed by atoms with Crippen molar-refractivity contribution < 1.29 is 0 Å². The Balaban J connectivity index is 2.98. The van der Waals surface area contributed by atoms with E-state index in [4.69, 9.17) is 34.3 Å². The minimum absolute atomic E-state index is 0.319. The molecule has 2 rings (SSSR count). The summed E-state index contributed by atoms with van der Waals surface area (Å²) in [6.07, 6.45) is 1.40. The van der Waals surface area contributed by atoms with Crippen LogP contribution in [0.4, 0.5) is 5.69 Å². The third-order valence-corrected chi connectivity index (χ3v) is 2.80. The van der Waals surface area contributed by atoms with Gasteiger partial charge in [0, 0.05) is 11.6 Å². The first kappa shape index (κ1) is 11.0. The number of nitrogens with zero attached hydrogens (tertiary/aromatic N) is 2. The van der Waals surface area contributed by atoms with Gasteiger partial charge in [-0.3, -0.25) is 10.8 Å². The van der Waals surface area contributed by atoms with Gasteiger partial charge in [0.25, 0.3) is 0 Å². The number of aromatic nitrogens is 1. The monoisotopic (exact) mass is 252 g/mol. The molecule has 16 heavy (non-hydrogen) atoms. The van der Waals surface area contributed by atoms with E-state index in [0.29, 0.717) is 32.2 Å². The Hall–Kier alpha value is -1.54. The first-order valence-corrected chi connectivity index (χ1v) is 5.08. The summed E-state index contributed by atoms with van der Waals surface area (Å²) in [6, 6.07) is 5.26. The van der Waals surface area contributed by atoms with E-state index in [2.05, 4.69) is 10.4 Å². The van der Waals surface area contributed by atoms with Crippen LogP contribution in [0, 0.1) is 11.3 Å². The highest BCUT2D eigenvalue weighted by atomic mass is 35.5. The second-order valence-corrected chi connectivity index (χ2v) is 3.87. The quantitative estimate of drug-likeness (QED) is 0.605. The number of nitrogen functional groups attached to an aromatic ring is 1. The van der Waals surface area contributed by atoms with Crippen LogP contribution in [-0.4, -0.2) is 4.98 Å². The number of pyridine rings is 1. The molecule has 3 N–H and O–H groups in total. The lowest BCUT2D eigenvalue weighted by Crippen LogP contribution is -2.09. The molecule has 0 unspecified atom stereocenters. The molecular formula is C10H6Cl2N4. The third-order valence-electron chi connectivity index (χ3n) is 2.18. The number of nitrogens with one attached hydrogen (secondary N) is 1. The van der Waals surface area contributed by atoms with Gasteiger partial charge in [0.1, 0.15) is 6.07 Å². The van der Waals surface area contributed by atoms with E-state index in [9.17, 15) is 0 Å². The zero-order chi connectivity index (χ0) is 11.7. The van der Waals surface area contributed by atoms with Crippen LogP contribution in [0.25, 0.3) is 10.9 Å². The van der Waals surface area contributed by atoms with Gasteiger partial charge in [-0.1, -0.05) is 23.2 Å². The Morgan fingerprint density at radius 1 is 1.31 bits per heavy atom. The summed E-state index contributed by atoms with van der Waals surface area (Å²) in [5.74, 6) is 5.38. The summed E-state index contributed by atoms with van der Waals surface area (Å²) in [6.45, 7) is 0. The highest BCUT2D eigenvalue weighted by Gasteiger charge is 2.12. The lowest BCUT2D eigenvalue weighted by molar-refractivity contribution is 1.31. The highest BCUT2D eigenvalue weighted by molar-refractivity contribution is 6.40. The molecule has 0 radical (unpaired) electrons. The van der Waals surface area contributed by atoms with Crippen LogP contribution in [0.15, 0.2) is 18.3 Å². The van der Waals surface area contributed by atoms with E-state index in [1.165, 1.54) is 6.20 Å². The van der Waals surface area contributed by atoms with Gasteiger partial charge in [-0.15, -0.1) is 0 Å². The van der Waals surface area contributed by atoms with Crippen LogP contribution in [0.5, 0.6) is 0 Å². The number of hydrogen-bond acceptors (Lipinski definition) is 4. The number of nitrogens with two attached hydrogens (primary N) is 1. The molecule has 0 saturated heterocycles. The van der Waals surface area contributed by atoms with E-state index in [1.807, 2.05) is 6.07 Å². The summed E-state index contributed by atoms with van der Waals surface area (Å²) >= 11 is 12.0. The predicted octanol–water partition coefficient (Wildman–Crippen LogP) is 2.70. The van der Waals surface area contributed by atoms with Crippen LogP contribution < -0.4 is 11.3 Å². The first-order chi connectivity index (χ1) is 7.69. The molecule has 0 bridgehead atoms. The molecule has 0 fully saturated rings. The maximum atomic E-state index is 8.91. The Bertz CT molecular complexity index is 604. The third kappa shape index (κ3) is 1.55. The fourth-order valence-electron chi connectivity index (χ4n) is 1.47. The smallest absolute Gasteiger partial charge is 0.103 e. The molecule has 0 aliphatic heterocycles. The van der Waals surface area contributed by atoms with E-state index in [-0.39, 0.29) is 0 Å². The maximum absolute atomic E-state index is 8.91. The largest absolute Gasteiger partial charge is 0.322 e. The zero-order valence-electron chi connectivity index (χ0n) is 7.96. The number of halogens is 2. The van der Waals surface area contributed by atoms with Crippen LogP contribution in [0.3, 0.4) is 0 Å². The topological polar surface area (TPSA) is 74.7 Å². The Morgan fingerprint density at radius 2 is 2.00 bits per heavy atom. The summed E-state index contributed by atoms with van der Waals surface area (Å²) in [7, 11) is 0. The fourth-order valence-corrected chi connectivity index (χ4v) is 1.92. The van der Waals surface area contributed by atoms with Gasteiger partial charge >= 0.3 is 0 Å². The molecule has 4 nitrogen and oxygen atoms in total. The molecule has 80 valence electrons. The van der Waals surface area contributed by atoms with Crippen molar-refractivity contribution in [1.82, 2.24) is 4.98 Å². The highest BCUT2D eigenvalue weighted by Crippen LogP contribution is 2.34. The molecule has 1 aromatic heterocycles. The van der Waals surface area contributed by atoms with Crippen molar-refractivity contribution in [2.45, 2.75) is 0 Å². The van der Waals surface area contributed by atoms with Gasteiger partial charge in [-0.25, -0.2) is 0 Å². The van der Waals surface area contributed by atoms with Crippen LogP contribution in [0.1, 0.15) is 5.56 Å². The van der Waals surface area contributed by atoms with Crippen molar-refractivity contribution in [3.63, 3.8) is 0 Å². The lowest BCUT2D eigenvalue weighted by atomic mass is 10.1. The molecular weight excluding hydrogens is 247 g/mol. The standard InChI is InChI=1S/C10H6Cl2N4/c11-6-1-2-7(12)10-8(6)9(16-14)5(3-13)4-15-10/h1-2,4H,14H2,(H,15,16). The van der Waals surface area contributed by atoms with Gasteiger partial charge in [-0.2, -0.15) is 5.26 Å². The molecule has 0 saturated carbocycles. The van der Waals surface area contributed by atoms with Crippen LogP contribution in [-0.2, 0) is 0 Å². The summed E-state index contributed by atoms with van der Waals surface area (Å²) in [4.78, 5) is 4.09. The SMILES string of the molecule is N#Cc1cnc2c(Cl)ccc(Cl)c2c1NN. The van der Waals surface area contributed by atoms with Gasteiger partial charge in [0.05, 0.1) is 26.8 Å². The van der Waals surface area contributed by atoms with Crippen molar-refractivity contribution in [2.24, 2.45) is 5.84 Å². The van der Waals surface area contributed by atoms with E-state index >= 15 is 0 Å². The lowest BCUT2D eigenvalue weighted by Gasteiger charge is -2.09. The molecule has 1 aromatic carbocycles. The number of hydrogen-bond donors (Lipinski definition) is 2. The van der Waals surface area contributed by atoms with Crippen LogP contribution >= 0.6 is 23.2 Å². The normalized spacial score (nSPS) is 10.1. The molecule has 0 spiro atoms.